The molecule has 0 aromatic carbocycles. The van der Waals surface area contributed by atoms with Crippen molar-refractivity contribution in [3.8, 4) is 5.88 Å². The first kappa shape index (κ1) is 7.72. The summed E-state index contributed by atoms with van der Waals surface area (Å²) in [5.74, 6) is -0.450. The van der Waals surface area contributed by atoms with E-state index < -0.39 is 0 Å². The third kappa shape index (κ3) is 1.64. The monoisotopic (exact) mass is 177 g/mol. The van der Waals surface area contributed by atoms with Crippen LogP contribution in [0.1, 0.15) is 0 Å². The van der Waals surface area contributed by atoms with Crippen LogP contribution in [-0.4, -0.2) is 21.4 Å². The topological polar surface area (TPSA) is 67.9 Å². The molecule has 0 saturated carbocycles. The van der Waals surface area contributed by atoms with E-state index in [9.17, 15) is 4.79 Å². The number of rotatable bonds is 2. The average Bonchev–Trinajstić information content (AvgIpc) is 2.74. The number of aromatic amines is 1. The maximum atomic E-state index is 11.3. The van der Waals surface area contributed by atoms with Crippen molar-refractivity contribution in [1.82, 2.24) is 15.4 Å². The fraction of sp³-hybridized carbons (Fsp3) is 0.125. The van der Waals surface area contributed by atoms with E-state index in [1.807, 2.05) is 0 Å². The number of hydrogen-bond donors (Lipinski definition) is 1. The highest BCUT2D eigenvalue weighted by Crippen LogP contribution is 2.12. The van der Waals surface area contributed by atoms with E-state index in [0.29, 0.717) is 0 Å². The summed E-state index contributed by atoms with van der Waals surface area (Å²) in [6.07, 6.45) is 8.45. The van der Waals surface area contributed by atoms with Crippen LogP contribution in [0.3, 0.4) is 0 Å². The van der Waals surface area contributed by atoms with Gasteiger partial charge >= 0.3 is 5.97 Å². The lowest BCUT2D eigenvalue weighted by molar-refractivity contribution is -0.136. The predicted molar refractivity (Wildman–Crippen MR) is 43.8 cm³/mol. The second-order valence-corrected chi connectivity index (χ2v) is 2.52. The number of nitrogens with zero attached hydrogens (tertiary/aromatic N) is 2. The first-order chi connectivity index (χ1) is 6.36. The van der Waals surface area contributed by atoms with Crippen LogP contribution in [-0.2, 0) is 4.79 Å². The fourth-order valence-electron chi connectivity index (χ4n) is 1.00. The molecule has 1 aromatic heterocycles. The lowest BCUT2D eigenvalue weighted by Gasteiger charge is -2.02. The first-order valence-electron chi connectivity index (χ1n) is 3.79. The zero-order valence-electron chi connectivity index (χ0n) is 6.68. The van der Waals surface area contributed by atoms with E-state index in [1.165, 1.54) is 6.20 Å². The van der Waals surface area contributed by atoms with Crippen LogP contribution >= 0.6 is 0 Å². The summed E-state index contributed by atoms with van der Waals surface area (Å²) in [4.78, 5) is 11.3. The van der Waals surface area contributed by atoms with E-state index in [2.05, 4.69) is 15.4 Å². The van der Waals surface area contributed by atoms with Crippen molar-refractivity contribution >= 4 is 5.97 Å². The van der Waals surface area contributed by atoms with Crippen molar-refractivity contribution in [3.63, 3.8) is 0 Å². The lowest BCUT2D eigenvalue weighted by atomic mass is 10.2. The molecule has 0 fully saturated rings. The molecule has 1 aliphatic carbocycles. The molecule has 0 saturated heterocycles. The molecule has 13 heavy (non-hydrogen) atoms. The third-order valence-corrected chi connectivity index (χ3v) is 1.62. The molecule has 0 amide bonds. The minimum absolute atomic E-state index is 0.193. The van der Waals surface area contributed by atoms with Gasteiger partial charge in [0.05, 0.1) is 5.92 Å². The van der Waals surface area contributed by atoms with Gasteiger partial charge in [-0.3, -0.25) is 4.79 Å². The molecular formula is C8H7N3O2. The van der Waals surface area contributed by atoms with Gasteiger partial charge in [-0.15, -0.1) is 5.10 Å². The van der Waals surface area contributed by atoms with Crippen molar-refractivity contribution < 1.29 is 9.53 Å². The molecule has 0 bridgehead atoms. The van der Waals surface area contributed by atoms with Crippen LogP contribution in [0, 0.1) is 5.92 Å². The molecule has 1 aliphatic rings. The van der Waals surface area contributed by atoms with Crippen molar-refractivity contribution in [2.45, 2.75) is 0 Å². The highest BCUT2D eigenvalue weighted by atomic mass is 16.5. The number of H-pyrrole nitrogens is 1. The van der Waals surface area contributed by atoms with Gasteiger partial charge in [0.25, 0.3) is 5.88 Å². The Hall–Kier alpha value is -1.91. The largest absolute Gasteiger partial charge is 0.403 e. The van der Waals surface area contributed by atoms with Gasteiger partial charge in [-0.1, -0.05) is 24.3 Å². The predicted octanol–water partition coefficient (Wildman–Crippen LogP) is 0.452. The smallest absolute Gasteiger partial charge is 0.323 e. The molecule has 1 aromatic rings. The van der Waals surface area contributed by atoms with Crippen molar-refractivity contribution in [2.75, 3.05) is 0 Å². The Morgan fingerprint density at radius 2 is 2.23 bits per heavy atom. The van der Waals surface area contributed by atoms with E-state index in [-0.39, 0.29) is 17.8 Å². The Labute approximate surface area is 74.1 Å². The van der Waals surface area contributed by atoms with Gasteiger partial charge in [-0.05, 0) is 0 Å². The van der Waals surface area contributed by atoms with E-state index in [0.717, 1.165) is 0 Å². The second-order valence-electron chi connectivity index (χ2n) is 2.52. The molecule has 1 N–H and O–H groups in total. The van der Waals surface area contributed by atoms with Gasteiger partial charge in [-0.25, -0.2) is 0 Å². The van der Waals surface area contributed by atoms with Gasteiger partial charge in [0.15, 0.2) is 0 Å². The summed E-state index contributed by atoms with van der Waals surface area (Å²) >= 11 is 0. The van der Waals surface area contributed by atoms with Crippen LogP contribution < -0.4 is 4.74 Å². The molecule has 0 aliphatic heterocycles. The molecular weight excluding hydrogens is 170 g/mol. The van der Waals surface area contributed by atoms with Crippen LogP contribution in [0.4, 0.5) is 0 Å². The number of ether oxygens (including phenoxy) is 1. The fourth-order valence-corrected chi connectivity index (χ4v) is 1.00. The summed E-state index contributed by atoms with van der Waals surface area (Å²) < 4.78 is 4.89. The van der Waals surface area contributed by atoms with Gasteiger partial charge in [0.1, 0.15) is 6.20 Å². The molecule has 5 heteroatoms. The standard InChI is InChI=1S/C8H7N3O2/c12-8(6-3-1-2-4-6)13-7-5-9-11-10-7/h1-6H,(H,9,10,11). The minimum atomic E-state index is -0.348. The normalized spacial score (nSPS) is 15.1. The van der Waals surface area contributed by atoms with Gasteiger partial charge in [0.2, 0.25) is 0 Å². The summed E-state index contributed by atoms with van der Waals surface area (Å²) in [6, 6.07) is 0. The van der Waals surface area contributed by atoms with E-state index >= 15 is 0 Å². The maximum absolute atomic E-state index is 11.3. The lowest BCUT2D eigenvalue weighted by Crippen LogP contribution is -2.16. The Bertz CT molecular complexity index is 341. The van der Waals surface area contributed by atoms with E-state index in [4.69, 9.17) is 4.74 Å². The van der Waals surface area contributed by atoms with Crippen LogP contribution in [0.25, 0.3) is 0 Å². The molecule has 0 unspecified atom stereocenters. The number of nitrogens with one attached hydrogen (secondary N) is 1. The van der Waals surface area contributed by atoms with Crippen molar-refractivity contribution in [2.24, 2.45) is 5.92 Å². The van der Waals surface area contributed by atoms with Crippen LogP contribution in [0.2, 0.25) is 0 Å². The Balaban J connectivity index is 1.99. The van der Waals surface area contributed by atoms with E-state index in [1.54, 1.807) is 24.3 Å². The Morgan fingerprint density at radius 3 is 2.85 bits per heavy atom. The number of carbonyl (C=O) groups is 1. The molecule has 66 valence electrons. The average molecular weight is 177 g/mol. The molecule has 0 radical (unpaired) electrons. The van der Waals surface area contributed by atoms with Crippen LogP contribution in [0.15, 0.2) is 30.5 Å². The second kappa shape index (κ2) is 3.22. The number of aromatic nitrogens is 3. The minimum Gasteiger partial charge on any atom is -0.403 e. The van der Waals surface area contributed by atoms with Gasteiger partial charge in [-0.2, -0.15) is 10.3 Å². The van der Waals surface area contributed by atoms with Crippen molar-refractivity contribution in [3.05, 3.63) is 30.5 Å². The van der Waals surface area contributed by atoms with Gasteiger partial charge < -0.3 is 4.74 Å². The third-order valence-electron chi connectivity index (χ3n) is 1.62. The summed E-state index contributed by atoms with van der Waals surface area (Å²) in [6.45, 7) is 0. The SMILES string of the molecule is O=C(Oc1cn[nH]n1)C1C=CC=C1. The Kier molecular flexibility index (Phi) is 1.91. The quantitative estimate of drug-likeness (QED) is 0.666. The maximum Gasteiger partial charge on any atom is 0.323 e. The summed E-state index contributed by atoms with van der Waals surface area (Å²) in [5.41, 5.74) is 0. The van der Waals surface area contributed by atoms with Gasteiger partial charge in [0, 0.05) is 0 Å². The molecule has 0 atom stereocenters. The summed E-state index contributed by atoms with van der Waals surface area (Å²) in [5, 5.41) is 9.47. The molecule has 2 rings (SSSR count). The first-order valence-corrected chi connectivity index (χ1v) is 3.79. The van der Waals surface area contributed by atoms with Crippen LogP contribution in [0.5, 0.6) is 5.88 Å². The molecule has 5 nitrogen and oxygen atoms in total. The van der Waals surface area contributed by atoms with Crippen molar-refractivity contribution in [1.29, 1.82) is 0 Å². The molecule has 1 heterocycles. The number of esters is 1. The zero-order chi connectivity index (χ0) is 9.10. The number of hydrogen-bond acceptors (Lipinski definition) is 4. The highest BCUT2D eigenvalue weighted by molar-refractivity contribution is 5.79. The zero-order valence-corrected chi connectivity index (χ0v) is 6.68. The highest BCUT2D eigenvalue weighted by Gasteiger charge is 2.17. The summed E-state index contributed by atoms with van der Waals surface area (Å²) in [7, 11) is 0. The molecule has 0 spiro atoms. The Morgan fingerprint density at radius 1 is 1.46 bits per heavy atom. The number of allylic oxidation sites excluding steroid dienone is 2. The number of carbonyl (C=O) groups excluding carboxylic acids is 1.